The second kappa shape index (κ2) is 5.44. The lowest BCUT2D eigenvalue weighted by molar-refractivity contribution is -0.137. The number of ether oxygens (including phenoxy) is 2. The fourth-order valence-electron chi connectivity index (χ4n) is 2.46. The van der Waals surface area contributed by atoms with E-state index in [1.807, 2.05) is 0 Å². The molecule has 0 N–H and O–H groups in total. The largest absolute Gasteiger partial charge is 0.463 e. The third-order valence-corrected chi connectivity index (χ3v) is 3.39. The van der Waals surface area contributed by atoms with Crippen LogP contribution in [-0.4, -0.2) is 24.5 Å². The van der Waals surface area contributed by atoms with Crippen molar-refractivity contribution in [1.29, 1.82) is 0 Å². The number of carbonyl (C=O) groups is 3. The lowest BCUT2D eigenvalue weighted by Gasteiger charge is -2.16. The molecule has 0 unspecified atom stereocenters. The molecule has 1 aliphatic rings. The zero-order valence-electron chi connectivity index (χ0n) is 11.8. The molecule has 3 rings (SSSR count). The van der Waals surface area contributed by atoms with E-state index in [2.05, 4.69) is 0 Å². The van der Waals surface area contributed by atoms with E-state index in [9.17, 15) is 14.4 Å². The monoisotopic (exact) mass is 296 g/mol. The third-order valence-electron chi connectivity index (χ3n) is 3.39. The number of carbonyl (C=O) groups excluding carboxylic acids is 3. The first kappa shape index (κ1) is 14.0. The summed E-state index contributed by atoms with van der Waals surface area (Å²) >= 11 is 0. The van der Waals surface area contributed by atoms with Gasteiger partial charge in [0.05, 0.1) is 17.7 Å². The number of benzene rings is 2. The zero-order valence-corrected chi connectivity index (χ0v) is 11.8. The summed E-state index contributed by atoms with van der Waals surface area (Å²) in [4.78, 5) is 35.0. The van der Waals surface area contributed by atoms with Crippen LogP contribution in [0.4, 0.5) is 0 Å². The van der Waals surface area contributed by atoms with Crippen molar-refractivity contribution in [3.05, 3.63) is 53.1 Å². The highest BCUT2D eigenvalue weighted by atomic mass is 16.6. The average molecular weight is 296 g/mol. The molecule has 0 aromatic heterocycles. The lowest BCUT2D eigenvalue weighted by Crippen LogP contribution is -2.19. The van der Waals surface area contributed by atoms with Gasteiger partial charge < -0.3 is 9.47 Å². The van der Waals surface area contributed by atoms with E-state index < -0.39 is 17.9 Å². The van der Waals surface area contributed by atoms with Crippen LogP contribution in [0.2, 0.25) is 0 Å². The quantitative estimate of drug-likeness (QED) is 0.495. The second-order valence-electron chi connectivity index (χ2n) is 4.69. The highest BCUT2D eigenvalue weighted by Crippen LogP contribution is 2.31. The van der Waals surface area contributed by atoms with Crippen molar-refractivity contribution in [2.45, 2.75) is 6.92 Å². The second-order valence-corrected chi connectivity index (χ2v) is 4.69. The van der Waals surface area contributed by atoms with Gasteiger partial charge in [-0.1, -0.05) is 18.2 Å². The predicted octanol–water partition coefficient (Wildman–Crippen LogP) is 2.73. The third kappa shape index (κ3) is 2.26. The Balaban J connectivity index is 2.16. The molecule has 0 radical (unpaired) electrons. The minimum Gasteiger partial charge on any atom is -0.463 e. The molecule has 110 valence electrons. The molecule has 0 aliphatic carbocycles. The fraction of sp³-hybridized carbons (Fsp3) is 0.118. The summed E-state index contributed by atoms with van der Waals surface area (Å²) in [6.07, 6.45) is 2.92. The Labute approximate surface area is 126 Å². The number of rotatable bonds is 3. The van der Waals surface area contributed by atoms with E-state index in [-0.39, 0.29) is 0 Å². The summed E-state index contributed by atoms with van der Waals surface area (Å²) in [7, 11) is 0. The minimum atomic E-state index is -0.658. The molecule has 0 bridgehead atoms. The van der Waals surface area contributed by atoms with Gasteiger partial charge in [0, 0.05) is 11.5 Å². The normalized spacial score (nSPS) is 13.5. The Hall–Kier alpha value is -2.95. The number of esters is 3. The molecule has 5 nitrogen and oxygen atoms in total. The summed E-state index contributed by atoms with van der Waals surface area (Å²) in [5, 5.41) is 1.26. The van der Waals surface area contributed by atoms with E-state index >= 15 is 0 Å². The molecule has 0 saturated heterocycles. The molecule has 22 heavy (non-hydrogen) atoms. The van der Waals surface area contributed by atoms with Gasteiger partial charge in [-0.15, -0.1) is 0 Å². The summed E-state index contributed by atoms with van der Waals surface area (Å²) in [6.45, 7) is 2.03. The van der Waals surface area contributed by atoms with E-state index in [0.29, 0.717) is 28.5 Å². The molecule has 0 atom stereocenters. The number of cyclic esters (lactones) is 2. The molecular weight excluding hydrogens is 284 g/mol. The van der Waals surface area contributed by atoms with Crippen molar-refractivity contribution in [2.75, 3.05) is 6.61 Å². The summed E-state index contributed by atoms with van der Waals surface area (Å²) in [5.41, 5.74) is 1.41. The van der Waals surface area contributed by atoms with E-state index in [1.54, 1.807) is 43.3 Å². The van der Waals surface area contributed by atoms with Gasteiger partial charge in [0.25, 0.3) is 0 Å². The molecule has 1 aliphatic heterocycles. The van der Waals surface area contributed by atoms with Crippen LogP contribution in [0, 0.1) is 0 Å². The van der Waals surface area contributed by atoms with Gasteiger partial charge in [0.2, 0.25) is 0 Å². The van der Waals surface area contributed by atoms with Crippen molar-refractivity contribution in [1.82, 2.24) is 0 Å². The zero-order chi connectivity index (χ0) is 15.7. The highest BCUT2D eigenvalue weighted by molar-refractivity contribution is 6.21. The summed E-state index contributed by atoms with van der Waals surface area (Å²) in [6, 6.07) is 8.40. The van der Waals surface area contributed by atoms with Gasteiger partial charge >= 0.3 is 17.9 Å². The van der Waals surface area contributed by atoms with Crippen LogP contribution in [0.15, 0.2) is 36.4 Å². The fourth-order valence-corrected chi connectivity index (χ4v) is 2.46. The molecule has 0 fully saturated rings. The van der Waals surface area contributed by atoms with Crippen LogP contribution in [0.25, 0.3) is 16.8 Å². The van der Waals surface area contributed by atoms with Gasteiger partial charge in [-0.3, -0.25) is 0 Å². The smallest absolute Gasteiger partial charge is 0.346 e. The highest BCUT2D eigenvalue weighted by Gasteiger charge is 2.27. The van der Waals surface area contributed by atoms with Gasteiger partial charge in [0.15, 0.2) is 0 Å². The lowest BCUT2D eigenvalue weighted by atomic mass is 9.94. The molecule has 0 spiro atoms. The van der Waals surface area contributed by atoms with Crippen LogP contribution < -0.4 is 0 Å². The molecule has 2 aromatic carbocycles. The van der Waals surface area contributed by atoms with Crippen LogP contribution in [0.3, 0.4) is 0 Å². The van der Waals surface area contributed by atoms with Crippen LogP contribution in [0.5, 0.6) is 0 Å². The predicted molar refractivity (Wildman–Crippen MR) is 79.4 cm³/mol. The number of hydrogen-bond donors (Lipinski definition) is 0. The maximum Gasteiger partial charge on any atom is 0.346 e. The number of hydrogen-bond acceptors (Lipinski definition) is 5. The Morgan fingerprint density at radius 3 is 2.59 bits per heavy atom. The van der Waals surface area contributed by atoms with Gasteiger partial charge in [0.1, 0.15) is 0 Å². The molecule has 2 aromatic rings. The molecular formula is C17H12O5. The van der Waals surface area contributed by atoms with E-state index in [1.165, 1.54) is 6.08 Å². The standard InChI is InChI=1S/C17H12O5/c1-2-21-14(18)9-7-10-6-8-13-15-11(10)4-3-5-12(15)16(19)22-17(13)20/h3-9H,2H2,1H3. The Morgan fingerprint density at radius 1 is 1.14 bits per heavy atom. The van der Waals surface area contributed by atoms with Gasteiger partial charge in [-0.2, -0.15) is 0 Å². The maximum absolute atomic E-state index is 11.8. The first-order chi connectivity index (χ1) is 10.6. The minimum absolute atomic E-state index is 0.299. The van der Waals surface area contributed by atoms with E-state index in [4.69, 9.17) is 9.47 Å². The van der Waals surface area contributed by atoms with E-state index in [0.717, 1.165) is 5.56 Å². The van der Waals surface area contributed by atoms with Gasteiger partial charge in [-0.05, 0) is 36.1 Å². The van der Waals surface area contributed by atoms with Crippen molar-refractivity contribution >= 4 is 34.8 Å². The van der Waals surface area contributed by atoms with Crippen LogP contribution in [-0.2, 0) is 14.3 Å². The maximum atomic E-state index is 11.8. The molecule has 0 amide bonds. The van der Waals surface area contributed by atoms with Gasteiger partial charge in [-0.25, -0.2) is 14.4 Å². The molecule has 0 saturated carbocycles. The first-order valence-electron chi connectivity index (χ1n) is 6.79. The average Bonchev–Trinajstić information content (AvgIpc) is 2.51. The molecule has 5 heteroatoms. The summed E-state index contributed by atoms with van der Waals surface area (Å²) < 4.78 is 9.54. The van der Waals surface area contributed by atoms with Crippen LogP contribution >= 0.6 is 0 Å². The van der Waals surface area contributed by atoms with Crippen molar-refractivity contribution in [2.24, 2.45) is 0 Å². The Morgan fingerprint density at radius 2 is 1.86 bits per heavy atom. The van der Waals surface area contributed by atoms with Crippen molar-refractivity contribution in [3.8, 4) is 0 Å². The Bertz CT molecular complexity index is 812. The first-order valence-corrected chi connectivity index (χ1v) is 6.79. The van der Waals surface area contributed by atoms with Crippen molar-refractivity contribution in [3.63, 3.8) is 0 Å². The SMILES string of the molecule is CCOC(=O)C=Cc1ccc2c3c(cccc13)C(=O)OC2=O. The van der Waals surface area contributed by atoms with Crippen molar-refractivity contribution < 1.29 is 23.9 Å². The topological polar surface area (TPSA) is 69.7 Å². The molecule has 1 heterocycles. The summed E-state index contributed by atoms with van der Waals surface area (Å²) in [5.74, 6) is -1.76. The Kier molecular flexibility index (Phi) is 3.47. The van der Waals surface area contributed by atoms with Crippen LogP contribution in [0.1, 0.15) is 33.2 Å².